The van der Waals surface area contributed by atoms with E-state index in [1.165, 1.54) is 7.11 Å². The zero-order valence-electron chi connectivity index (χ0n) is 9.80. The van der Waals surface area contributed by atoms with E-state index in [4.69, 9.17) is 14.7 Å². The van der Waals surface area contributed by atoms with Crippen molar-refractivity contribution in [2.24, 2.45) is 0 Å². The van der Waals surface area contributed by atoms with E-state index in [0.717, 1.165) is 12.1 Å². The lowest BCUT2D eigenvalue weighted by atomic mass is 10.1. The van der Waals surface area contributed by atoms with Gasteiger partial charge in [0.2, 0.25) is 0 Å². The summed E-state index contributed by atoms with van der Waals surface area (Å²) in [4.78, 5) is 21.6. The minimum absolute atomic E-state index is 0.0539. The summed E-state index contributed by atoms with van der Waals surface area (Å²) in [7, 11) is 1.24. The highest BCUT2D eigenvalue weighted by Gasteiger charge is 2.22. The highest BCUT2D eigenvalue weighted by Crippen LogP contribution is 2.30. The summed E-state index contributed by atoms with van der Waals surface area (Å²) >= 11 is 0. The van der Waals surface area contributed by atoms with E-state index in [-0.39, 0.29) is 29.2 Å². The van der Waals surface area contributed by atoms with Crippen molar-refractivity contribution < 1.29 is 19.2 Å². The summed E-state index contributed by atoms with van der Waals surface area (Å²) < 4.78 is 9.57. The number of nitro benzene ring substituents is 1. The van der Waals surface area contributed by atoms with Crippen LogP contribution in [0, 0.1) is 21.4 Å². The molecule has 0 atom stereocenters. The van der Waals surface area contributed by atoms with Crippen molar-refractivity contribution in [1.29, 1.82) is 5.26 Å². The largest absolute Gasteiger partial charge is 0.490 e. The number of hydrogen-bond donors (Lipinski definition) is 0. The van der Waals surface area contributed by atoms with Crippen LogP contribution in [0.3, 0.4) is 0 Å². The molecule has 0 N–H and O–H groups in total. The molecule has 1 aromatic carbocycles. The number of nitrogens with zero attached hydrogens (tertiary/aromatic N) is 2. The van der Waals surface area contributed by atoms with Crippen LogP contribution < -0.4 is 4.74 Å². The van der Waals surface area contributed by atoms with Crippen LogP contribution >= 0.6 is 0 Å². The summed E-state index contributed by atoms with van der Waals surface area (Å²) in [5.41, 5.74) is -0.551. The maximum Gasteiger partial charge on any atom is 0.339 e. The van der Waals surface area contributed by atoms with Gasteiger partial charge in [0.05, 0.1) is 29.8 Å². The molecule has 0 saturated carbocycles. The standard InChI is InChI=1S/C11H10N2O5/c1-3-18-11(14)8-5-10(17-2)9(13(15)16)4-7(8)6-12/h4-5H,3H2,1-2H3. The van der Waals surface area contributed by atoms with Crippen molar-refractivity contribution in [2.75, 3.05) is 13.7 Å². The second-order valence-corrected chi connectivity index (χ2v) is 3.16. The molecule has 0 radical (unpaired) electrons. The first-order valence-corrected chi connectivity index (χ1v) is 4.98. The van der Waals surface area contributed by atoms with E-state index in [1.807, 2.05) is 0 Å². The van der Waals surface area contributed by atoms with Crippen LogP contribution in [-0.2, 0) is 4.74 Å². The monoisotopic (exact) mass is 250 g/mol. The molecule has 0 spiro atoms. The van der Waals surface area contributed by atoms with E-state index >= 15 is 0 Å². The van der Waals surface area contributed by atoms with E-state index in [9.17, 15) is 14.9 Å². The minimum Gasteiger partial charge on any atom is -0.490 e. The van der Waals surface area contributed by atoms with Gasteiger partial charge in [-0.05, 0) is 6.92 Å². The number of carbonyl (C=O) groups is 1. The van der Waals surface area contributed by atoms with Crippen LogP contribution in [0.25, 0.3) is 0 Å². The molecule has 0 aromatic heterocycles. The summed E-state index contributed by atoms with van der Waals surface area (Å²) in [6, 6.07) is 3.85. The Labute approximate surface area is 103 Å². The van der Waals surface area contributed by atoms with Crippen molar-refractivity contribution in [3.63, 3.8) is 0 Å². The molecular weight excluding hydrogens is 240 g/mol. The predicted molar refractivity (Wildman–Crippen MR) is 60.3 cm³/mol. The zero-order valence-corrected chi connectivity index (χ0v) is 9.80. The van der Waals surface area contributed by atoms with Crippen LogP contribution in [-0.4, -0.2) is 24.6 Å². The second kappa shape index (κ2) is 5.63. The highest BCUT2D eigenvalue weighted by molar-refractivity contribution is 5.93. The van der Waals surface area contributed by atoms with Crippen molar-refractivity contribution in [3.05, 3.63) is 33.4 Å². The topological polar surface area (TPSA) is 102 Å². The van der Waals surface area contributed by atoms with E-state index in [1.54, 1.807) is 13.0 Å². The quantitative estimate of drug-likeness (QED) is 0.457. The summed E-state index contributed by atoms with van der Waals surface area (Å²) in [5.74, 6) is -0.815. The molecular formula is C11H10N2O5. The number of ether oxygens (including phenoxy) is 2. The Morgan fingerprint density at radius 1 is 1.56 bits per heavy atom. The first-order chi connectivity index (χ1) is 8.54. The van der Waals surface area contributed by atoms with Crippen molar-refractivity contribution >= 4 is 11.7 Å². The normalized spacial score (nSPS) is 9.39. The number of esters is 1. The molecule has 0 saturated heterocycles. The zero-order chi connectivity index (χ0) is 13.7. The SMILES string of the molecule is CCOC(=O)c1cc(OC)c([N+](=O)[O-])cc1C#N. The van der Waals surface area contributed by atoms with Crippen LogP contribution in [0.4, 0.5) is 5.69 Å². The van der Waals surface area contributed by atoms with Crippen LogP contribution in [0.2, 0.25) is 0 Å². The Hall–Kier alpha value is -2.62. The molecule has 1 rings (SSSR count). The van der Waals surface area contributed by atoms with Gasteiger partial charge in [0.15, 0.2) is 5.75 Å². The predicted octanol–water partition coefficient (Wildman–Crippen LogP) is 1.65. The molecule has 0 bridgehead atoms. The fraction of sp³-hybridized carbons (Fsp3) is 0.273. The summed E-state index contributed by atoms with van der Waals surface area (Å²) in [5, 5.41) is 19.6. The van der Waals surface area contributed by atoms with Gasteiger partial charge >= 0.3 is 11.7 Å². The van der Waals surface area contributed by atoms with Crippen LogP contribution in [0.15, 0.2) is 12.1 Å². The van der Waals surface area contributed by atoms with Crippen molar-refractivity contribution in [1.82, 2.24) is 0 Å². The molecule has 7 nitrogen and oxygen atoms in total. The first kappa shape index (κ1) is 13.4. The molecule has 7 heteroatoms. The number of hydrogen-bond acceptors (Lipinski definition) is 6. The third-order valence-electron chi connectivity index (χ3n) is 2.13. The average molecular weight is 250 g/mol. The van der Waals surface area contributed by atoms with Gasteiger partial charge in [0, 0.05) is 12.1 Å². The molecule has 0 aliphatic carbocycles. The van der Waals surface area contributed by atoms with Crippen molar-refractivity contribution in [3.8, 4) is 11.8 Å². The molecule has 0 heterocycles. The second-order valence-electron chi connectivity index (χ2n) is 3.16. The number of nitriles is 1. The van der Waals surface area contributed by atoms with Gasteiger partial charge in [-0.2, -0.15) is 5.26 Å². The number of methoxy groups -OCH3 is 1. The Bertz CT molecular complexity index is 533. The van der Waals surface area contributed by atoms with E-state index < -0.39 is 10.9 Å². The van der Waals surface area contributed by atoms with Crippen molar-refractivity contribution in [2.45, 2.75) is 6.92 Å². The van der Waals surface area contributed by atoms with Crippen LogP contribution in [0.1, 0.15) is 22.8 Å². The van der Waals surface area contributed by atoms with Gasteiger partial charge in [-0.25, -0.2) is 4.79 Å². The molecule has 0 aliphatic heterocycles. The fourth-order valence-electron chi connectivity index (χ4n) is 1.34. The molecule has 1 aromatic rings. The number of benzene rings is 1. The molecule has 0 aliphatic rings. The lowest BCUT2D eigenvalue weighted by Gasteiger charge is -2.07. The first-order valence-electron chi connectivity index (χ1n) is 4.98. The smallest absolute Gasteiger partial charge is 0.339 e. The molecule has 94 valence electrons. The van der Waals surface area contributed by atoms with Gasteiger partial charge < -0.3 is 9.47 Å². The Kier molecular flexibility index (Phi) is 4.21. The average Bonchev–Trinajstić information content (AvgIpc) is 2.37. The van der Waals surface area contributed by atoms with Gasteiger partial charge in [0.25, 0.3) is 0 Å². The van der Waals surface area contributed by atoms with E-state index in [0.29, 0.717) is 0 Å². The third-order valence-corrected chi connectivity index (χ3v) is 2.13. The number of carbonyl (C=O) groups excluding carboxylic acids is 1. The van der Waals surface area contributed by atoms with Crippen LogP contribution in [0.5, 0.6) is 5.75 Å². The third kappa shape index (κ3) is 2.55. The molecule has 0 amide bonds. The molecule has 0 fully saturated rings. The summed E-state index contributed by atoms with van der Waals surface area (Å²) in [6.45, 7) is 1.76. The Morgan fingerprint density at radius 3 is 2.67 bits per heavy atom. The highest BCUT2D eigenvalue weighted by atomic mass is 16.6. The van der Waals surface area contributed by atoms with Gasteiger partial charge in [-0.1, -0.05) is 0 Å². The number of rotatable bonds is 4. The lowest BCUT2D eigenvalue weighted by Crippen LogP contribution is -2.08. The Balaban J connectivity index is 3.41. The fourth-order valence-corrected chi connectivity index (χ4v) is 1.34. The van der Waals surface area contributed by atoms with E-state index in [2.05, 4.69) is 0 Å². The lowest BCUT2D eigenvalue weighted by molar-refractivity contribution is -0.385. The number of nitro groups is 1. The van der Waals surface area contributed by atoms with Gasteiger partial charge in [0.1, 0.15) is 6.07 Å². The summed E-state index contributed by atoms with van der Waals surface area (Å²) in [6.07, 6.45) is 0. The maximum absolute atomic E-state index is 11.6. The molecule has 0 unspecified atom stereocenters. The minimum atomic E-state index is -0.720. The maximum atomic E-state index is 11.6. The van der Waals surface area contributed by atoms with Gasteiger partial charge in [-0.15, -0.1) is 0 Å². The van der Waals surface area contributed by atoms with Gasteiger partial charge in [-0.3, -0.25) is 10.1 Å². The molecule has 18 heavy (non-hydrogen) atoms. The Morgan fingerprint density at radius 2 is 2.22 bits per heavy atom.